The smallest absolute Gasteiger partial charge is 0.338 e. The zero-order chi connectivity index (χ0) is 21.7. The molecule has 1 aliphatic carbocycles. The van der Waals surface area contributed by atoms with Crippen LogP contribution in [0.4, 0.5) is 0 Å². The van der Waals surface area contributed by atoms with Gasteiger partial charge in [0.2, 0.25) is 0 Å². The Bertz CT molecular complexity index is 840. The third kappa shape index (κ3) is 4.94. The van der Waals surface area contributed by atoms with Crippen molar-refractivity contribution < 1.29 is 38.7 Å². The predicted molar refractivity (Wildman–Crippen MR) is 106 cm³/mol. The lowest BCUT2D eigenvalue weighted by Gasteiger charge is -2.28. The Labute approximate surface area is 173 Å². The fraction of sp³-hybridized carbons (Fsp3) is 0.364. The number of benzene rings is 2. The van der Waals surface area contributed by atoms with Crippen molar-refractivity contribution in [3.05, 3.63) is 47.5 Å². The Balaban J connectivity index is 1.51. The predicted octanol–water partition coefficient (Wildman–Crippen LogP) is 3.44. The van der Waals surface area contributed by atoms with E-state index >= 15 is 0 Å². The zero-order valence-electron chi connectivity index (χ0n) is 16.8. The van der Waals surface area contributed by atoms with Crippen LogP contribution in [0.25, 0.3) is 0 Å². The molecule has 2 N–H and O–H groups in total. The Morgan fingerprint density at radius 2 is 1.10 bits per heavy atom. The molecular formula is C22H24O8. The van der Waals surface area contributed by atoms with E-state index in [-0.39, 0.29) is 35.2 Å². The highest BCUT2D eigenvalue weighted by Crippen LogP contribution is 2.30. The van der Waals surface area contributed by atoms with E-state index in [0.29, 0.717) is 36.8 Å². The fourth-order valence-corrected chi connectivity index (χ4v) is 3.32. The van der Waals surface area contributed by atoms with E-state index in [1.165, 1.54) is 50.6 Å². The summed E-state index contributed by atoms with van der Waals surface area (Å²) in [5.74, 6) is -0.697. The maximum atomic E-state index is 12.3. The van der Waals surface area contributed by atoms with E-state index in [2.05, 4.69) is 0 Å². The van der Waals surface area contributed by atoms with Gasteiger partial charge in [-0.1, -0.05) is 0 Å². The molecule has 0 aromatic heterocycles. The van der Waals surface area contributed by atoms with E-state index in [9.17, 15) is 19.8 Å². The molecule has 0 bridgehead atoms. The molecule has 8 heteroatoms. The number of carbonyl (C=O) groups is 2. The van der Waals surface area contributed by atoms with Crippen LogP contribution in [0.2, 0.25) is 0 Å². The average molecular weight is 416 g/mol. The van der Waals surface area contributed by atoms with E-state index < -0.39 is 11.9 Å². The molecule has 0 spiro atoms. The molecule has 0 amide bonds. The number of phenols is 2. The van der Waals surface area contributed by atoms with Crippen LogP contribution in [0.1, 0.15) is 46.4 Å². The highest BCUT2D eigenvalue weighted by Gasteiger charge is 2.27. The second kappa shape index (κ2) is 9.39. The summed E-state index contributed by atoms with van der Waals surface area (Å²) in [4.78, 5) is 24.7. The van der Waals surface area contributed by atoms with Crippen molar-refractivity contribution in [2.24, 2.45) is 0 Å². The first-order chi connectivity index (χ1) is 14.4. The van der Waals surface area contributed by atoms with Crippen LogP contribution in [0.3, 0.4) is 0 Å². The molecule has 1 saturated carbocycles. The van der Waals surface area contributed by atoms with Gasteiger partial charge >= 0.3 is 11.9 Å². The number of esters is 2. The first kappa shape index (κ1) is 21.3. The summed E-state index contributed by atoms with van der Waals surface area (Å²) >= 11 is 0. The van der Waals surface area contributed by atoms with Crippen LogP contribution >= 0.6 is 0 Å². The van der Waals surface area contributed by atoms with Gasteiger partial charge in [-0.2, -0.15) is 0 Å². The fourth-order valence-electron chi connectivity index (χ4n) is 3.32. The van der Waals surface area contributed by atoms with Gasteiger partial charge in [0.25, 0.3) is 0 Å². The second-order valence-corrected chi connectivity index (χ2v) is 6.98. The SMILES string of the molecule is COc1cc(C(=O)OC2CCC(OC(=O)c3ccc(O)c(OC)c3)CC2)ccc1O. The summed E-state index contributed by atoms with van der Waals surface area (Å²) < 4.78 is 21.1. The van der Waals surface area contributed by atoms with Crippen molar-refractivity contribution in [2.45, 2.75) is 37.9 Å². The number of aromatic hydroxyl groups is 2. The molecule has 2 aromatic carbocycles. The van der Waals surface area contributed by atoms with Crippen molar-refractivity contribution in [3.8, 4) is 23.0 Å². The van der Waals surface area contributed by atoms with Gasteiger partial charge in [-0.25, -0.2) is 9.59 Å². The third-order valence-electron chi connectivity index (χ3n) is 5.00. The van der Waals surface area contributed by atoms with Gasteiger partial charge in [-0.05, 0) is 62.1 Å². The largest absolute Gasteiger partial charge is 0.504 e. The van der Waals surface area contributed by atoms with Crippen molar-refractivity contribution in [1.82, 2.24) is 0 Å². The van der Waals surface area contributed by atoms with Gasteiger partial charge in [0.1, 0.15) is 12.2 Å². The first-order valence-corrected chi connectivity index (χ1v) is 9.57. The van der Waals surface area contributed by atoms with Crippen molar-refractivity contribution in [3.63, 3.8) is 0 Å². The molecule has 8 nitrogen and oxygen atoms in total. The minimum atomic E-state index is -0.495. The molecular weight excluding hydrogens is 392 g/mol. The lowest BCUT2D eigenvalue weighted by Crippen LogP contribution is -2.29. The summed E-state index contributed by atoms with van der Waals surface area (Å²) in [5.41, 5.74) is 0.582. The monoisotopic (exact) mass is 416 g/mol. The van der Waals surface area contributed by atoms with Gasteiger partial charge in [0.05, 0.1) is 25.3 Å². The third-order valence-corrected chi connectivity index (χ3v) is 5.00. The number of phenolic OH excluding ortho intramolecular Hbond substituents is 2. The van der Waals surface area contributed by atoms with Gasteiger partial charge in [0.15, 0.2) is 23.0 Å². The zero-order valence-corrected chi connectivity index (χ0v) is 16.8. The lowest BCUT2D eigenvalue weighted by molar-refractivity contribution is -0.0108. The molecule has 0 atom stereocenters. The van der Waals surface area contributed by atoms with Crippen LogP contribution in [0, 0.1) is 0 Å². The summed E-state index contributed by atoms with van der Waals surface area (Å²) in [6.45, 7) is 0. The molecule has 0 aliphatic heterocycles. The van der Waals surface area contributed by atoms with Crippen LogP contribution in [0.15, 0.2) is 36.4 Å². The Kier molecular flexibility index (Phi) is 6.66. The highest BCUT2D eigenvalue weighted by molar-refractivity contribution is 5.91. The molecule has 160 valence electrons. The van der Waals surface area contributed by atoms with Crippen molar-refractivity contribution in [1.29, 1.82) is 0 Å². The molecule has 1 aliphatic rings. The number of carbonyl (C=O) groups excluding carboxylic acids is 2. The van der Waals surface area contributed by atoms with E-state index in [4.69, 9.17) is 18.9 Å². The number of methoxy groups -OCH3 is 2. The summed E-state index contributed by atoms with van der Waals surface area (Å²) in [6.07, 6.45) is 1.72. The van der Waals surface area contributed by atoms with Crippen LogP contribution in [-0.2, 0) is 9.47 Å². The molecule has 30 heavy (non-hydrogen) atoms. The van der Waals surface area contributed by atoms with Gasteiger partial charge in [0, 0.05) is 0 Å². The standard InChI is InChI=1S/C22H24O8/c1-27-19-11-13(3-9-17(19)23)21(25)29-15-5-7-16(8-6-15)30-22(26)14-4-10-18(24)20(12-14)28-2/h3-4,9-12,15-16,23-24H,5-8H2,1-2H3. The molecule has 0 unspecified atom stereocenters. The maximum Gasteiger partial charge on any atom is 0.338 e. The molecule has 0 heterocycles. The topological polar surface area (TPSA) is 112 Å². The highest BCUT2D eigenvalue weighted by atomic mass is 16.6. The number of hydrogen-bond donors (Lipinski definition) is 2. The number of ether oxygens (including phenoxy) is 4. The molecule has 3 rings (SSSR count). The van der Waals surface area contributed by atoms with E-state index in [1.807, 2.05) is 0 Å². The molecule has 0 saturated heterocycles. The second-order valence-electron chi connectivity index (χ2n) is 6.98. The van der Waals surface area contributed by atoms with Crippen LogP contribution < -0.4 is 9.47 Å². The minimum Gasteiger partial charge on any atom is -0.504 e. The van der Waals surface area contributed by atoms with Crippen molar-refractivity contribution >= 4 is 11.9 Å². The summed E-state index contributed by atoms with van der Waals surface area (Å²) in [6, 6.07) is 8.56. The minimum absolute atomic E-state index is 0.0531. The van der Waals surface area contributed by atoms with E-state index in [1.54, 1.807) is 0 Å². The maximum absolute atomic E-state index is 12.3. The quantitative estimate of drug-likeness (QED) is 0.689. The molecule has 1 fully saturated rings. The van der Waals surface area contributed by atoms with Gasteiger partial charge < -0.3 is 29.2 Å². The Hall–Kier alpha value is -3.42. The normalized spacial score (nSPS) is 18.3. The Morgan fingerprint density at radius 3 is 1.43 bits per heavy atom. The molecule has 0 radical (unpaired) electrons. The van der Waals surface area contributed by atoms with Crippen LogP contribution in [-0.4, -0.2) is 48.6 Å². The summed E-state index contributed by atoms with van der Waals surface area (Å²) in [7, 11) is 2.81. The average Bonchev–Trinajstić information content (AvgIpc) is 2.75. The summed E-state index contributed by atoms with van der Waals surface area (Å²) in [5, 5.41) is 19.3. The lowest BCUT2D eigenvalue weighted by atomic mass is 9.95. The number of rotatable bonds is 6. The molecule has 2 aromatic rings. The van der Waals surface area contributed by atoms with E-state index in [0.717, 1.165) is 0 Å². The van der Waals surface area contributed by atoms with Gasteiger partial charge in [-0.3, -0.25) is 0 Å². The first-order valence-electron chi connectivity index (χ1n) is 9.57. The van der Waals surface area contributed by atoms with Crippen molar-refractivity contribution in [2.75, 3.05) is 14.2 Å². The van der Waals surface area contributed by atoms with Gasteiger partial charge in [-0.15, -0.1) is 0 Å². The number of hydrogen-bond acceptors (Lipinski definition) is 8. The van der Waals surface area contributed by atoms with Crippen LogP contribution in [0.5, 0.6) is 23.0 Å². The Morgan fingerprint density at radius 1 is 0.733 bits per heavy atom.